The largest absolute Gasteiger partial charge is 0.465 e. The number of aromatic nitrogens is 1. The summed E-state index contributed by atoms with van der Waals surface area (Å²) >= 11 is 5.86. The second-order valence-electron chi connectivity index (χ2n) is 4.06. The summed E-state index contributed by atoms with van der Waals surface area (Å²) in [7, 11) is 0. The number of fused-ring (bicyclic) bond motifs is 1. The molecule has 0 aliphatic heterocycles. The highest BCUT2D eigenvalue weighted by molar-refractivity contribution is 6.33. The van der Waals surface area contributed by atoms with Gasteiger partial charge in [-0.2, -0.15) is 0 Å². The normalized spacial score (nSPS) is 10.3. The highest BCUT2D eigenvalue weighted by atomic mass is 35.5. The summed E-state index contributed by atoms with van der Waals surface area (Å²) in [5, 5.41) is 25.0. The van der Waals surface area contributed by atoms with Crippen LogP contribution in [-0.2, 0) is 0 Å². The molecule has 1 amide bonds. The average Bonchev–Trinajstić information content (AvgIpc) is 2.42. The van der Waals surface area contributed by atoms with E-state index in [2.05, 4.69) is 15.6 Å². The van der Waals surface area contributed by atoms with E-state index in [-0.39, 0.29) is 29.6 Å². The molecule has 9 heteroatoms. The number of carboxylic acid groups (broad SMARTS) is 1. The van der Waals surface area contributed by atoms with Crippen LogP contribution in [0.2, 0.25) is 5.15 Å². The zero-order valence-electron chi connectivity index (χ0n) is 10.7. The van der Waals surface area contributed by atoms with Crippen molar-refractivity contribution in [1.82, 2.24) is 10.3 Å². The van der Waals surface area contributed by atoms with Crippen LogP contribution >= 0.6 is 11.6 Å². The predicted octanol–water partition coefficient (Wildman–Crippen LogP) is 2.48. The molecule has 0 unspecified atom stereocenters. The molecule has 0 aliphatic carbocycles. The molecule has 0 saturated carbocycles. The number of hydrogen-bond acceptors (Lipinski definition) is 5. The molecule has 8 nitrogen and oxygen atoms in total. The van der Waals surface area contributed by atoms with Gasteiger partial charge in [-0.05, 0) is 6.07 Å². The van der Waals surface area contributed by atoms with Crippen LogP contribution in [0.1, 0.15) is 0 Å². The molecule has 21 heavy (non-hydrogen) atoms. The Labute approximate surface area is 123 Å². The summed E-state index contributed by atoms with van der Waals surface area (Å²) in [6.07, 6.45) is -1.16. The lowest BCUT2D eigenvalue weighted by atomic mass is 10.1. The number of rotatable bonds is 5. The van der Waals surface area contributed by atoms with Crippen LogP contribution in [0, 0.1) is 10.1 Å². The van der Waals surface area contributed by atoms with Gasteiger partial charge in [-0.3, -0.25) is 10.1 Å². The van der Waals surface area contributed by atoms with Crippen LogP contribution in [0.3, 0.4) is 0 Å². The molecule has 1 heterocycles. The third-order valence-corrected chi connectivity index (χ3v) is 2.97. The molecule has 2 aromatic rings. The number of nitrogens with one attached hydrogen (secondary N) is 2. The molecule has 0 saturated heterocycles. The number of para-hydroxylation sites is 1. The Morgan fingerprint density at radius 2 is 2.10 bits per heavy atom. The minimum atomic E-state index is -1.16. The van der Waals surface area contributed by atoms with E-state index in [1.54, 1.807) is 24.3 Å². The van der Waals surface area contributed by atoms with Crippen LogP contribution < -0.4 is 10.6 Å². The number of carbonyl (C=O) groups is 1. The number of nitrogens with zero attached hydrogens (tertiary/aromatic N) is 2. The molecule has 110 valence electrons. The number of nitro groups is 1. The topological polar surface area (TPSA) is 117 Å². The number of pyridine rings is 1. The van der Waals surface area contributed by atoms with Crippen molar-refractivity contribution in [1.29, 1.82) is 0 Å². The molecule has 0 aliphatic rings. The summed E-state index contributed by atoms with van der Waals surface area (Å²) in [4.78, 5) is 24.9. The summed E-state index contributed by atoms with van der Waals surface area (Å²) in [6.45, 7) is 0.276. The maximum Gasteiger partial charge on any atom is 0.404 e. The van der Waals surface area contributed by atoms with E-state index in [4.69, 9.17) is 16.7 Å². The summed E-state index contributed by atoms with van der Waals surface area (Å²) in [6, 6.07) is 6.83. The van der Waals surface area contributed by atoms with Gasteiger partial charge in [-0.15, -0.1) is 0 Å². The highest BCUT2D eigenvalue weighted by Gasteiger charge is 2.23. The minimum absolute atomic E-state index is 0.0980. The van der Waals surface area contributed by atoms with Gasteiger partial charge in [0.2, 0.25) is 5.15 Å². The van der Waals surface area contributed by atoms with Gasteiger partial charge in [0.1, 0.15) is 5.69 Å². The van der Waals surface area contributed by atoms with Crippen LogP contribution in [0.5, 0.6) is 0 Å². The first-order valence-electron chi connectivity index (χ1n) is 5.94. The van der Waals surface area contributed by atoms with Gasteiger partial charge in [0.15, 0.2) is 0 Å². The lowest BCUT2D eigenvalue weighted by Crippen LogP contribution is -2.27. The first kappa shape index (κ1) is 14.8. The van der Waals surface area contributed by atoms with Gasteiger partial charge in [0.25, 0.3) is 0 Å². The van der Waals surface area contributed by atoms with Crippen molar-refractivity contribution in [3.63, 3.8) is 0 Å². The fourth-order valence-electron chi connectivity index (χ4n) is 1.87. The van der Waals surface area contributed by atoms with Crippen molar-refractivity contribution in [3.8, 4) is 0 Å². The lowest BCUT2D eigenvalue weighted by Gasteiger charge is -2.11. The second-order valence-corrected chi connectivity index (χ2v) is 4.42. The third-order valence-electron chi connectivity index (χ3n) is 2.71. The maximum atomic E-state index is 11.2. The van der Waals surface area contributed by atoms with Crippen molar-refractivity contribution < 1.29 is 14.8 Å². The molecule has 3 N–H and O–H groups in total. The Hall–Kier alpha value is -2.61. The average molecular weight is 311 g/mol. The molecular weight excluding hydrogens is 300 g/mol. The molecular formula is C12H11ClN4O4. The van der Waals surface area contributed by atoms with Crippen molar-refractivity contribution >= 4 is 40.0 Å². The Bertz CT molecular complexity index is 707. The molecule has 0 radical (unpaired) electrons. The number of halogens is 1. The summed E-state index contributed by atoms with van der Waals surface area (Å²) < 4.78 is 0. The van der Waals surface area contributed by atoms with E-state index in [0.717, 1.165) is 0 Å². The smallest absolute Gasteiger partial charge is 0.404 e. The minimum Gasteiger partial charge on any atom is -0.465 e. The number of hydrogen-bond donors (Lipinski definition) is 3. The Morgan fingerprint density at radius 3 is 2.76 bits per heavy atom. The summed E-state index contributed by atoms with van der Waals surface area (Å²) in [5.41, 5.74) is 0.412. The van der Waals surface area contributed by atoms with E-state index in [0.29, 0.717) is 10.9 Å². The standard InChI is InChI=1S/C12H11ClN4O4/c13-11-10(17(20)21)9(14-5-6-15-12(18)19)7-3-1-2-4-8(7)16-11/h1-4,15H,5-6H2,(H,14,16)(H,18,19). The van der Waals surface area contributed by atoms with Gasteiger partial charge in [0, 0.05) is 18.5 Å². The van der Waals surface area contributed by atoms with E-state index in [1.165, 1.54) is 0 Å². The first-order valence-corrected chi connectivity index (χ1v) is 6.32. The van der Waals surface area contributed by atoms with E-state index in [9.17, 15) is 14.9 Å². The van der Waals surface area contributed by atoms with Crippen LogP contribution in [0.25, 0.3) is 10.9 Å². The van der Waals surface area contributed by atoms with Crippen molar-refractivity contribution in [2.24, 2.45) is 0 Å². The summed E-state index contributed by atoms with van der Waals surface area (Å²) in [5.74, 6) is 0. The SMILES string of the molecule is O=C(O)NCCNc1c([N+](=O)[O-])c(Cl)nc2ccccc12. The molecule has 0 fully saturated rings. The number of benzene rings is 1. The van der Waals surface area contributed by atoms with Gasteiger partial charge in [-0.1, -0.05) is 29.8 Å². The van der Waals surface area contributed by atoms with Gasteiger partial charge >= 0.3 is 11.8 Å². The molecule has 0 bridgehead atoms. The molecule has 1 aromatic carbocycles. The quantitative estimate of drug-likeness (QED) is 0.338. The Morgan fingerprint density at radius 1 is 1.38 bits per heavy atom. The zero-order valence-corrected chi connectivity index (χ0v) is 11.4. The molecule has 0 atom stereocenters. The van der Waals surface area contributed by atoms with E-state index >= 15 is 0 Å². The van der Waals surface area contributed by atoms with Crippen LogP contribution in [-0.4, -0.2) is 34.2 Å². The van der Waals surface area contributed by atoms with Crippen molar-refractivity contribution in [2.45, 2.75) is 0 Å². The lowest BCUT2D eigenvalue weighted by molar-refractivity contribution is -0.384. The van der Waals surface area contributed by atoms with Crippen molar-refractivity contribution in [2.75, 3.05) is 18.4 Å². The molecule has 2 rings (SSSR count). The van der Waals surface area contributed by atoms with Crippen LogP contribution in [0.15, 0.2) is 24.3 Å². The number of anilines is 1. The van der Waals surface area contributed by atoms with Crippen molar-refractivity contribution in [3.05, 3.63) is 39.5 Å². The highest BCUT2D eigenvalue weighted by Crippen LogP contribution is 2.36. The van der Waals surface area contributed by atoms with Crippen LogP contribution in [0.4, 0.5) is 16.2 Å². The van der Waals surface area contributed by atoms with Gasteiger partial charge in [0.05, 0.1) is 10.4 Å². The Balaban J connectivity index is 2.40. The first-order chi connectivity index (χ1) is 10.0. The maximum absolute atomic E-state index is 11.2. The van der Waals surface area contributed by atoms with Gasteiger partial charge in [-0.25, -0.2) is 9.78 Å². The van der Waals surface area contributed by atoms with E-state index < -0.39 is 11.0 Å². The second kappa shape index (κ2) is 6.23. The number of amides is 1. The third kappa shape index (κ3) is 3.29. The fourth-order valence-corrected chi connectivity index (χ4v) is 2.13. The van der Waals surface area contributed by atoms with E-state index in [1.807, 2.05) is 0 Å². The van der Waals surface area contributed by atoms with Gasteiger partial charge < -0.3 is 15.7 Å². The Kier molecular flexibility index (Phi) is 4.39. The molecule has 1 aromatic heterocycles. The zero-order chi connectivity index (χ0) is 15.4. The predicted molar refractivity (Wildman–Crippen MR) is 77.9 cm³/mol. The fraction of sp³-hybridized carbons (Fsp3) is 0.167. The monoisotopic (exact) mass is 310 g/mol. The molecule has 0 spiro atoms.